The third kappa shape index (κ3) is 4.73. The molecule has 41 heavy (non-hydrogen) atoms. The quantitative estimate of drug-likeness (QED) is 0.325. The van der Waals surface area contributed by atoms with E-state index in [1.807, 2.05) is 41.8 Å². The number of carbonyl (C=O) groups is 1. The highest BCUT2D eigenvalue weighted by molar-refractivity contribution is 5.85. The number of nitrogens with zero attached hydrogens (tertiary/aromatic N) is 6. The van der Waals surface area contributed by atoms with Gasteiger partial charge in [-0.1, -0.05) is 12.1 Å². The number of carboxylic acid groups (broad SMARTS) is 1. The summed E-state index contributed by atoms with van der Waals surface area (Å²) in [6.45, 7) is 6.16. The molecule has 1 saturated carbocycles. The molecule has 3 fully saturated rings. The Balaban J connectivity index is 1.03. The van der Waals surface area contributed by atoms with E-state index in [0.717, 1.165) is 61.6 Å². The number of imidazole rings is 1. The molecule has 210 valence electrons. The topological polar surface area (TPSA) is 140 Å². The molecular formula is C30H30N6O5. The van der Waals surface area contributed by atoms with E-state index in [1.165, 1.54) is 0 Å². The van der Waals surface area contributed by atoms with E-state index in [1.54, 1.807) is 0 Å². The number of fused-ring (bicyclic) bond motifs is 2. The molecule has 11 nitrogen and oxygen atoms in total. The lowest BCUT2D eigenvalue weighted by molar-refractivity contribution is -0.0595. The number of pyridine rings is 1. The molecule has 2 saturated heterocycles. The number of likely N-dealkylation sites (tertiary alicyclic amines) is 1. The first-order chi connectivity index (χ1) is 19.9. The molecular weight excluding hydrogens is 524 g/mol. The fourth-order valence-electron chi connectivity index (χ4n) is 6.21. The maximum absolute atomic E-state index is 11.4. The number of oxazole rings is 1. The van der Waals surface area contributed by atoms with Crippen LogP contribution in [0, 0.1) is 24.2 Å². The number of nitriles is 1. The van der Waals surface area contributed by atoms with Crippen molar-refractivity contribution in [3.8, 4) is 11.9 Å². The fourth-order valence-corrected chi connectivity index (χ4v) is 6.21. The Bertz CT molecular complexity index is 1680. The average molecular weight is 555 g/mol. The number of benzene rings is 1. The number of aryl methyl sites for hydroxylation is 1. The lowest BCUT2D eigenvalue weighted by Crippen LogP contribution is -2.37. The van der Waals surface area contributed by atoms with E-state index in [0.29, 0.717) is 48.4 Å². The molecule has 1 aromatic carbocycles. The summed E-state index contributed by atoms with van der Waals surface area (Å²) in [7, 11) is 0. The van der Waals surface area contributed by atoms with Crippen molar-refractivity contribution < 1.29 is 23.8 Å². The molecule has 5 heterocycles. The van der Waals surface area contributed by atoms with Crippen LogP contribution >= 0.6 is 0 Å². The van der Waals surface area contributed by atoms with Gasteiger partial charge < -0.3 is 19.0 Å². The van der Waals surface area contributed by atoms with Gasteiger partial charge in [0.1, 0.15) is 12.4 Å². The van der Waals surface area contributed by atoms with Gasteiger partial charge in [-0.3, -0.25) is 9.47 Å². The monoisotopic (exact) mass is 554 g/mol. The van der Waals surface area contributed by atoms with Crippen molar-refractivity contribution in [2.24, 2.45) is 5.92 Å². The smallest absolute Gasteiger partial charge is 0.392 e. The van der Waals surface area contributed by atoms with Crippen LogP contribution in [-0.4, -0.2) is 61.3 Å². The molecule has 11 heteroatoms. The molecule has 0 amide bonds. The number of hydrogen-bond acceptors (Lipinski definition) is 9. The molecule has 2 aliphatic heterocycles. The Morgan fingerprint density at radius 3 is 2.88 bits per heavy atom. The van der Waals surface area contributed by atoms with E-state index >= 15 is 0 Å². The van der Waals surface area contributed by atoms with Gasteiger partial charge in [-0.25, -0.2) is 14.8 Å². The first-order valence-electron chi connectivity index (χ1n) is 13.9. The van der Waals surface area contributed by atoms with Crippen molar-refractivity contribution in [3.05, 3.63) is 70.5 Å². The van der Waals surface area contributed by atoms with Gasteiger partial charge in [0.15, 0.2) is 0 Å². The van der Waals surface area contributed by atoms with E-state index in [9.17, 15) is 9.90 Å². The summed E-state index contributed by atoms with van der Waals surface area (Å²) in [6.07, 6.45) is 3.11. The normalized spacial score (nSPS) is 23.5. The summed E-state index contributed by atoms with van der Waals surface area (Å²) in [5.41, 5.74) is 4.58. The van der Waals surface area contributed by atoms with E-state index in [-0.39, 0.29) is 17.4 Å². The van der Waals surface area contributed by atoms with Crippen LogP contribution in [0.3, 0.4) is 0 Å². The minimum absolute atomic E-state index is 0.0704. The van der Waals surface area contributed by atoms with Gasteiger partial charge in [0, 0.05) is 24.6 Å². The van der Waals surface area contributed by atoms with E-state index < -0.39 is 5.97 Å². The Hall–Kier alpha value is -4.27. The highest BCUT2D eigenvalue weighted by Crippen LogP contribution is 2.59. The number of aromatic nitrogens is 4. The third-order valence-electron chi connectivity index (χ3n) is 8.78. The SMILES string of the molecule is Cc1cc(C#N)ccc1COc1cccc([C@]23CCN(Cc4nc5nc(C(=O)O)oc5n4CC4CCO4)C[C@H]2C3)n1. The summed E-state index contributed by atoms with van der Waals surface area (Å²) >= 11 is 0. The first-order valence-corrected chi connectivity index (χ1v) is 13.9. The largest absolute Gasteiger partial charge is 0.474 e. The van der Waals surface area contributed by atoms with Gasteiger partial charge in [-0.2, -0.15) is 10.2 Å². The lowest BCUT2D eigenvalue weighted by Gasteiger charge is -2.32. The molecule has 3 aliphatic rings. The van der Waals surface area contributed by atoms with Gasteiger partial charge in [0.2, 0.25) is 17.2 Å². The minimum atomic E-state index is -1.20. The third-order valence-corrected chi connectivity index (χ3v) is 8.78. The van der Waals surface area contributed by atoms with Crippen LogP contribution in [0.1, 0.15) is 58.2 Å². The molecule has 0 spiro atoms. The number of rotatable bonds is 9. The fraction of sp³-hybridized carbons (Fsp3) is 0.433. The Morgan fingerprint density at radius 1 is 1.27 bits per heavy atom. The van der Waals surface area contributed by atoms with Crippen LogP contribution in [0.2, 0.25) is 0 Å². The van der Waals surface area contributed by atoms with Crippen LogP contribution in [0.25, 0.3) is 11.4 Å². The molecule has 0 radical (unpaired) electrons. The first kappa shape index (κ1) is 25.7. The lowest BCUT2D eigenvalue weighted by atomic mass is 9.91. The van der Waals surface area contributed by atoms with Crippen LogP contribution in [0.4, 0.5) is 0 Å². The summed E-state index contributed by atoms with van der Waals surface area (Å²) in [4.78, 5) is 27.4. The number of carboxylic acids is 1. The standard InChI is InChI=1S/C30H30N6O5/c1-18-11-19(13-31)5-6-20(18)17-40-25-4-2-3-23(32-25)30-8-9-35(14-21(30)12-30)16-24-33-26-28(41-27(34-26)29(37)38)36(24)15-22-7-10-39-22/h2-6,11,21-22H,7-10,12,14-17H2,1H3,(H,37,38)/t21-,22?,30+/m1/s1. The van der Waals surface area contributed by atoms with Gasteiger partial charge in [-0.05, 0) is 68.0 Å². The van der Waals surface area contributed by atoms with Crippen molar-refractivity contribution in [1.29, 1.82) is 5.26 Å². The molecule has 0 bridgehead atoms. The molecule has 1 N–H and O–H groups in total. The van der Waals surface area contributed by atoms with Gasteiger partial charge >= 0.3 is 11.9 Å². The summed E-state index contributed by atoms with van der Waals surface area (Å²) in [5.74, 6) is 0.384. The number of hydrogen-bond donors (Lipinski definition) is 1. The maximum Gasteiger partial charge on any atom is 0.392 e. The summed E-state index contributed by atoms with van der Waals surface area (Å²) in [5, 5.41) is 18.4. The molecule has 1 aliphatic carbocycles. The predicted octanol–water partition coefficient (Wildman–Crippen LogP) is 3.83. The number of ether oxygens (including phenoxy) is 2. The van der Waals surface area contributed by atoms with Crippen molar-refractivity contribution in [1.82, 2.24) is 24.4 Å². The molecule has 1 unspecified atom stereocenters. The second-order valence-electron chi connectivity index (χ2n) is 11.3. The molecule has 4 aromatic rings. The average Bonchev–Trinajstić information content (AvgIpc) is 3.40. The van der Waals surface area contributed by atoms with Crippen molar-refractivity contribution >= 4 is 17.3 Å². The zero-order valence-corrected chi connectivity index (χ0v) is 22.7. The van der Waals surface area contributed by atoms with Gasteiger partial charge in [0.25, 0.3) is 0 Å². The Kier molecular flexibility index (Phi) is 6.25. The van der Waals surface area contributed by atoms with E-state index in [4.69, 9.17) is 24.1 Å². The highest BCUT2D eigenvalue weighted by atomic mass is 16.5. The summed E-state index contributed by atoms with van der Waals surface area (Å²) in [6, 6.07) is 13.8. The zero-order valence-electron chi connectivity index (χ0n) is 22.7. The van der Waals surface area contributed by atoms with Crippen molar-refractivity contribution in [2.45, 2.75) is 57.4 Å². The van der Waals surface area contributed by atoms with Gasteiger partial charge in [-0.15, -0.1) is 0 Å². The molecule has 3 atom stereocenters. The van der Waals surface area contributed by atoms with Crippen LogP contribution < -0.4 is 4.74 Å². The van der Waals surface area contributed by atoms with Crippen LogP contribution in [0.5, 0.6) is 5.88 Å². The van der Waals surface area contributed by atoms with Crippen molar-refractivity contribution in [2.75, 3.05) is 19.7 Å². The molecule has 7 rings (SSSR count). The second kappa shape index (κ2) is 9.98. The second-order valence-corrected chi connectivity index (χ2v) is 11.3. The van der Waals surface area contributed by atoms with Crippen molar-refractivity contribution in [3.63, 3.8) is 0 Å². The zero-order chi connectivity index (χ0) is 28.1. The maximum atomic E-state index is 11.4. The molecule has 3 aromatic heterocycles. The van der Waals surface area contributed by atoms with Gasteiger partial charge in [0.05, 0.1) is 36.5 Å². The van der Waals surface area contributed by atoms with Crippen LogP contribution in [0.15, 0.2) is 40.8 Å². The number of aromatic carboxylic acids is 1. The summed E-state index contributed by atoms with van der Waals surface area (Å²) < 4.78 is 19.2. The predicted molar refractivity (Wildman–Crippen MR) is 145 cm³/mol. The Morgan fingerprint density at radius 2 is 2.15 bits per heavy atom. The Labute approximate surface area is 236 Å². The highest BCUT2D eigenvalue weighted by Gasteiger charge is 2.58. The minimum Gasteiger partial charge on any atom is -0.474 e. The van der Waals surface area contributed by atoms with E-state index in [2.05, 4.69) is 27.0 Å². The number of piperidine rings is 1. The van der Waals surface area contributed by atoms with Crippen LogP contribution in [-0.2, 0) is 29.8 Å².